The van der Waals surface area contributed by atoms with E-state index < -0.39 is 83.4 Å². The van der Waals surface area contributed by atoms with Gasteiger partial charge in [-0.3, -0.25) is 19.7 Å². The van der Waals surface area contributed by atoms with E-state index in [-0.39, 0.29) is 48.5 Å². The first kappa shape index (κ1) is 62.8. The number of ether oxygens (including phenoxy) is 5. The van der Waals surface area contributed by atoms with Gasteiger partial charge in [0, 0.05) is 43.4 Å². The minimum atomic E-state index is -2.28. The zero-order valence-electron chi connectivity index (χ0n) is 47.0. The fraction of sp³-hybridized carbons (Fsp3) is 0.727. The van der Waals surface area contributed by atoms with Crippen LogP contribution in [0, 0.1) is 22.0 Å². The van der Waals surface area contributed by atoms with Gasteiger partial charge in [-0.05, 0) is 118 Å². The number of allylic oxidation sites excluding steroid dienone is 2. The molecule has 1 aromatic carbocycles. The second-order valence-corrected chi connectivity index (χ2v) is 35.0. The van der Waals surface area contributed by atoms with E-state index in [9.17, 15) is 24.5 Å². The lowest BCUT2D eigenvalue weighted by Gasteiger charge is -2.39. The van der Waals surface area contributed by atoms with Crippen LogP contribution in [-0.4, -0.2) is 95.8 Å². The maximum absolute atomic E-state index is 14.2. The average molecular weight is 1060 g/mol. The fourth-order valence-corrected chi connectivity index (χ4v) is 19.6. The van der Waals surface area contributed by atoms with E-state index in [4.69, 9.17) is 37.0 Å². The van der Waals surface area contributed by atoms with Crippen LogP contribution < -0.4 is 4.74 Å². The van der Waals surface area contributed by atoms with Crippen molar-refractivity contribution in [1.82, 2.24) is 0 Å². The van der Waals surface area contributed by atoms with Crippen molar-refractivity contribution in [3.8, 4) is 5.75 Å². The Morgan fingerprint density at radius 1 is 0.889 bits per heavy atom. The van der Waals surface area contributed by atoms with Gasteiger partial charge in [-0.2, -0.15) is 0 Å². The molecule has 72 heavy (non-hydrogen) atoms. The lowest BCUT2D eigenvalue weighted by molar-refractivity contribution is -0.384. The van der Waals surface area contributed by atoms with Crippen LogP contribution in [0.1, 0.15) is 143 Å². The van der Waals surface area contributed by atoms with Gasteiger partial charge in [0.05, 0.1) is 35.3 Å². The molecule has 0 spiro atoms. The molecule has 0 amide bonds. The highest BCUT2D eigenvalue weighted by Crippen LogP contribution is 2.43. The van der Waals surface area contributed by atoms with Crippen LogP contribution in [0.4, 0.5) is 10.5 Å². The van der Waals surface area contributed by atoms with Crippen LogP contribution in [0.5, 0.6) is 5.75 Å². The number of non-ortho nitro benzene ring substituents is 1. The van der Waals surface area contributed by atoms with Crippen molar-refractivity contribution in [2.24, 2.45) is 11.8 Å². The molecule has 1 aromatic rings. The Labute approximate surface area is 436 Å². The number of hydrogen-bond acceptors (Lipinski definition) is 13. The molecule has 0 saturated carbocycles. The van der Waals surface area contributed by atoms with Gasteiger partial charge in [-0.1, -0.05) is 107 Å². The van der Waals surface area contributed by atoms with Crippen molar-refractivity contribution in [1.29, 1.82) is 0 Å². The molecule has 10 atom stereocenters. The molecule has 0 N–H and O–H groups in total. The van der Waals surface area contributed by atoms with Crippen LogP contribution >= 0.6 is 0 Å². The molecule has 2 aliphatic heterocycles. The Kier molecular flexibility index (Phi) is 24.8. The molecule has 17 heteroatoms. The molecular weight excluding hydrogens is 967 g/mol. The molecule has 1 fully saturated rings. The second-order valence-electron chi connectivity index (χ2n) is 20.9. The van der Waals surface area contributed by atoms with Gasteiger partial charge in [0.1, 0.15) is 17.5 Å². The molecule has 3 rings (SSSR count). The maximum Gasteiger partial charge on any atom is 0.514 e. The van der Waals surface area contributed by atoms with Crippen molar-refractivity contribution in [3.05, 3.63) is 70.3 Å². The first-order valence-electron chi connectivity index (χ1n) is 27.2. The number of benzene rings is 1. The highest BCUT2D eigenvalue weighted by atomic mass is 28.4. The third-order valence-corrected chi connectivity index (χ3v) is 30.3. The van der Waals surface area contributed by atoms with Crippen molar-refractivity contribution in [2.75, 3.05) is 0 Å². The van der Waals surface area contributed by atoms with Gasteiger partial charge in [-0.15, -0.1) is 0 Å². The molecule has 14 nitrogen and oxygen atoms in total. The average Bonchev–Trinajstić information content (AvgIpc) is 4.12. The Morgan fingerprint density at radius 3 is 1.97 bits per heavy atom. The first-order valence-corrected chi connectivity index (χ1v) is 34.8. The normalized spacial score (nSPS) is 25.8. The van der Waals surface area contributed by atoms with E-state index in [1.54, 1.807) is 19.1 Å². The summed E-state index contributed by atoms with van der Waals surface area (Å²) in [6, 6.07) is 13.9. The quantitative estimate of drug-likeness (QED) is 0.00939. The molecule has 3 unspecified atom stereocenters. The Balaban J connectivity index is 2.09. The van der Waals surface area contributed by atoms with Crippen molar-refractivity contribution >= 4 is 48.7 Å². The van der Waals surface area contributed by atoms with E-state index in [0.29, 0.717) is 12.8 Å². The van der Waals surface area contributed by atoms with Crippen molar-refractivity contribution in [2.45, 2.75) is 245 Å². The number of hydrogen-bond donors (Lipinski definition) is 0. The number of rotatable bonds is 27. The molecule has 0 radical (unpaired) electrons. The van der Waals surface area contributed by atoms with Crippen LogP contribution in [0.3, 0.4) is 0 Å². The summed E-state index contributed by atoms with van der Waals surface area (Å²) in [6.45, 7) is 33.4. The summed E-state index contributed by atoms with van der Waals surface area (Å²) < 4.78 is 51.8. The van der Waals surface area contributed by atoms with Gasteiger partial charge in [0.15, 0.2) is 31.1 Å². The lowest BCUT2D eigenvalue weighted by Crippen LogP contribution is -2.47. The van der Waals surface area contributed by atoms with E-state index in [1.807, 2.05) is 26.0 Å². The van der Waals surface area contributed by atoms with Gasteiger partial charge in [-0.25, -0.2) is 4.79 Å². The second kappa shape index (κ2) is 28.4. The highest BCUT2D eigenvalue weighted by Gasteiger charge is 2.51. The number of nitrogens with zero attached hydrogens (tertiary/aromatic N) is 1. The number of nitro groups is 1. The molecule has 2 aliphatic rings. The van der Waals surface area contributed by atoms with Gasteiger partial charge in [0.2, 0.25) is 0 Å². The van der Waals surface area contributed by atoms with E-state index in [1.165, 1.54) is 31.2 Å². The standard InChI is InChI=1S/C55H93NO13Si3/c1-17-47(68-71(21-5,22-6)23-7)42(13)52-48(63-52)39-54(15,69-72(24-8,25-9)26-10)36-27-28-40(11)51-41(12)29-34-49(64-53(59)62-45-32-30-44(31-33-45)56(60)61)55(16,66-43(14)57)37-35-46(38-50(58)65-51)67-70(18-2,19-3)20-4/h27-34,36,41-42,46-49,51-52H,17-26,35,37-39H2,1-16H3/b34-29+,36-27+,40-28+/t41-,42?,46+,47?,48+,49-,51+,52+,54?,55+/m0/s1. The number of carbonyl (C=O) groups excluding carboxylic acids is 3. The predicted molar refractivity (Wildman–Crippen MR) is 293 cm³/mol. The smallest absolute Gasteiger partial charge is 0.457 e. The lowest BCUT2D eigenvalue weighted by atomic mass is 9.88. The maximum atomic E-state index is 14.2. The summed E-state index contributed by atoms with van der Waals surface area (Å²) in [5.41, 5.74) is -1.44. The summed E-state index contributed by atoms with van der Waals surface area (Å²) >= 11 is 0. The summed E-state index contributed by atoms with van der Waals surface area (Å²) in [7, 11) is -6.21. The molecule has 1 saturated heterocycles. The van der Waals surface area contributed by atoms with Crippen LogP contribution in [-0.2, 0) is 41.8 Å². The van der Waals surface area contributed by atoms with Crippen LogP contribution in [0.25, 0.3) is 0 Å². The summed E-state index contributed by atoms with van der Waals surface area (Å²) in [4.78, 5) is 51.3. The van der Waals surface area contributed by atoms with Crippen LogP contribution in [0.2, 0.25) is 54.4 Å². The van der Waals surface area contributed by atoms with Gasteiger partial charge < -0.3 is 37.0 Å². The molecular formula is C55H93NO13Si3. The van der Waals surface area contributed by atoms with E-state index in [2.05, 4.69) is 89.2 Å². The minimum absolute atomic E-state index is 0.0253. The number of nitro benzene ring substituents is 1. The third-order valence-electron chi connectivity index (χ3n) is 16.2. The third kappa shape index (κ3) is 17.6. The van der Waals surface area contributed by atoms with Crippen molar-refractivity contribution in [3.63, 3.8) is 0 Å². The molecule has 0 aliphatic carbocycles. The predicted octanol–water partition coefficient (Wildman–Crippen LogP) is 14.4. The van der Waals surface area contributed by atoms with Crippen LogP contribution in [0.15, 0.2) is 60.2 Å². The van der Waals surface area contributed by atoms with Crippen molar-refractivity contribution < 1.29 is 56.3 Å². The Bertz CT molecular complexity index is 1960. The number of epoxide rings is 1. The fourth-order valence-electron chi connectivity index (χ4n) is 10.6. The monoisotopic (exact) mass is 1060 g/mol. The van der Waals surface area contributed by atoms with E-state index >= 15 is 0 Å². The Morgan fingerprint density at radius 2 is 1.46 bits per heavy atom. The van der Waals surface area contributed by atoms with Gasteiger partial charge >= 0.3 is 18.1 Å². The summed E-state index contributed by atoms with van der Waals surface area (Å²) in [5.74, 6) is -1.17. The van der Waals surface area contributed by atoms with Gasteiger partial charge in [0.25, 0.3) is 5.69 Å². The SMILES string of the molecule is CCC(O[Si](CC)(CC)CC)C(C)[C@H]1O[C@@H]1CC(C)(/C=C/C=C(\C)[C@H]1OC(=O)C[C@H](O[Si](CC)(CC)CC)CC[C@@](C)(OC(C)=O)[C@@H](OC(=O)Oc2ccc([N+](=O)[O-])cc2)/C=C/[C@@H]1C)O[Si](CC)(CC)CC. The van der Waals surface area contributed by atoms with E-state index in [0.717, 1.165) is 66.4 Å². The number of esters is 2. The molecule has 2 heterocycles. The number of cyclic esters (lactones) is 1. The molecule has 0 bridgehead atoms. The first-order chi connectivity index (χ1) is 34.0. The largest absolute Gasteiger partial charge is 0.514 e. The highest BCUT2D eigenvalue weighted by molar-refractivity contribution is 6.74. The zero-order chi connectivity index (χ0) is 54.1. The molecule has 408 valence electrons. The topological polar surface area (TPSA) is 171 Å². The summed E-state index contributed by atoms with van der Waals surface area (Å²) in [6.07, 6.45) is 8.36. The zero-order valence-corrected chi connectivity index (χ0v) is 50.0. The Hall–Kier alpha value is -3.46. The molecule has 0 aromatic heterocycles. The minimum Gasteiger partial charge on any atom is -0.457 e. The number of carbonyl (C=O) groups is 3. The summed E-state index contributed by atoms with van der Waals surface area (Å²) in [5, 5.41) is 11.3.